The maximum absolute atomic E-state index is 12.3. The molecule has 1 amide bonds. The molecule has 0 heterocycles. The van der Waals surface area contributed by atoms with Crippen LogP contribution in [0.15, 0.2) is 23.1 Å². The van der Waals surface area contributed by atoms with Gasteiger partial charge in [-0.05, 0) is 26.2 Å². The molecule has 0 saturated heterocycles. The SMILES string of the molecule is CN(C)CCNS(=O)(=O)c1ccc(N(C)CC(=O)N(C)C)c([N+](=O)[O-])c1. The highest BCUT2D eigenvalue weighted by Gasteiger charge is 2.24. The van der Waals surface area contributed by atoms with Crippen LogP contribution in [0.4, 0.5) is 11.4 Å². The number of benzene rings is 1. The largest absolute Gasteiger partial charge is 0.360 e. The number of sulfonamides is 1. The van der Waals surface area contributed by atoms with E-state index in [0.29, 0.717) is 6.54 Å². The summed E-state index contributed by atoms with van der Waals surface area (Å²) in [6.45, 7) is 0.609. The van der Waals surface area contributed by atoms with Gasteiger partial charge in [0, 0.05) is 40.3 Å². The number of nitrogens with one attached hydrogen (secondary N) is 1. The van der Waals surface area contributed by atoms with Crippen LogP contribution in [-0.4, -0.2) is 83.9 Å². The van der Waals surface area contributed by atoms with Crippen LogP contribution in [0.5, 0.6) is 0 Å². The van der Waals surface area contributed by atoms with Gasteiger partial charge in [-0.2, -0.15) is 0 Å². The third-order valence-corrected chi connectivity index (χ3v) is 5.05. The molecule has 0 aliphatic rings. The number of anilines is 1. The van der Waals surface area contributed by atoms with Crippen molar-refractivity contribution in [1.82, 2.24) is 14.5 Å². The fourth-order valence-electron chi connectivity index (χ4n) is 2.06. The van der Waals surface area contributed by atoms with Crippen LogP contribution >= 0.6 is 0 Å². The molecular weight excluding hydrogens is 362 g/mol. The van der Waals surface area contributed by atoms with E-state index in [1.54, 1.807) is 28.2 Å². The van der Waals surface area contributed by atoms with E-state index in [1.807, 2.05) is 4.90 Å². The van der Waals surface area contributed by atoms with Gasteiger partial charge >= 0.3 is 0 Å². The van der Waals surface area contributed by atoms with E-state index in [-0.39, 0.29) is 35.3 Å². The van der Waals surface area contributed by atoms with Gasteiger partial charge in [0.15, 0.2) is 0 Å². The van der Waals surface area contributed by atoms with Crippen molar-refractivity contribution in [1.29, 1.82) is 0 Å². The first kappa shape index (κ1) is 21.8. The minimum atomic E-state index is -3.87. The van der Waals surface area contributed by atoms with E-state index in [4.69, 9.17) is 0 Å². The molecule has 11 heteroatoms. The minimum Gasteiger partial charge on any atom is -0.360 e. The second-order valence-corrected chi connectivity index (χ2v) is 8.02. The number of nitro groups is 1. The summed E-state index contributed by atoms with van der Waals surface area (Å²) in [4.78, 5) is 26.9. The summed E-state index contributed by atoms with van der Waals surface area (Å²) in [5.74, 6) is -0.233. The molecule has 0 atom stereocenters. The zero-order valence-electron chi connectivity index (χ0n) is 15.6. The summed E-state index contributed by atoms with van der Waals surface area (Å²) < 4.78 is 27.0. The molecule has 1 aromatic carbocycles. The lowest BCUT2D eigenvalue weighted by Crippen LogP contribution is -2.34. The second-order valence-electron chi connectivity index (χ2n) is 6.25. The molecule has 0 unspecified atom stereocenters. The maximum atomic E-state index is 12.3. The Labute approximate surface area is 153 Å². The van der Waals surface area contributed by atoms with Crippen LogP contribution in [0.25, 0.3) is 0 Å². The highest BCUT2D eigenvalue weighted by molar-refractivity contribution is 7.89. The van der Waals surface area contributed by atoms with Crippen LogP contribution in [0.2, 0.25) is 0 Å². The molecule has 1 N–H and O–H groups in total. The van der Waals surface area contributed by atoms with Crippen LogP contribution in [0, 0.1) is 10.1 Å². The molecule has 10 nitrogen and oxygen atoms in total. The quantitative estimate of drug-likeness (QED) is 0.467. The smallest absolute Gasteiger partial charge is 0.293 e. The molecule has 0 aliphatic heterocycles. The molecule has 26 heavy (non-hydrogen) atoms. The van der Waals surface area contributed by atoms with Crippen molar-refractivity contribution < 1.29 is 18.1 Å². The predicted octanol–water partition coefficient (Wildman–Crippen LogP) is -0.0409. The fourth-order valence-corrected chi connectivity index (χ4v) is 3.10. The van der Waals surface area contributed by atoms with Crippen molar-refractivity contribution in [2.24, 2.45) is 0 Å². The summed E-state index contributed by atoms with van der Waals surface area (Å²) in [5.41, 5.74) is -0.216. The van der Waals surface area contributed by atoms with Crippen molar-refractivity contribution in [3.63, 3.8) is 0 Å². The van der Waals surface area contributed by atoms with Crippen molar-refractivity contribution >= 4 is 27.3 Å². The van der Waals surface area contributed by atoms with Gasteiger partial charge in [-0.15, -0.1) is 0 Å². The fraction of sp³-hybridized carbons (Fsp3) is 0.533. The molecule has 0 aromatic heterocycles. The Balaban J connectivity index is 3.12. The summed E-state index contributed by atoms with van der Waals surface area (Å²) >= 11 is 0. The first-order chi connectivity index (χ1) is 12.0. The van der Waals surface area contributed by atoms with Crippen molar-refractivity contribution in [3.05, 3.63) is 28.3 Å². The Morgan fingerprint density at radius 1 is 1.19 bits per heavy atom. The zero-order chi connectivity index (χ0) is 20.1. The minimum absolute atomic E-state index is 0.0684. The second kappa shape index (κ2) is 8.92. The van der Waals surface area contributed by atoms with E-state index in [2.05, 4.69) is 4.72 Å². The molecular formula is C15H25N5O5S. The molecule has 0 aliphatic carbocycles. The number of hydrogen-bond donors (Lipinski definition) is 1. The van der Waals surface area contributed by atoms with Crippen LogP contribution in [0.3, 0.4) is 0 Å². The van der Waals surface area contributed by atoms with Gasteiger partial charge in [-0.1, -0.05) is 0 Å². The lowest BCUT2D eigenvalue weighted by Gasteiger charge is -2.21. The number of carbonyl (C=O) groups excluding carboxylic acids is 1. The van der Waals surface area contributed by atoms with Gasteiger partial charge in [0.1, 0.15) is 5.69 Å². The lowest BCUT2D eigenvalue weighted by molar-refractivity contribution is -0.384. The normalized spacial score (nSPS) is 11.5. The summed E-state index contributed by atoms with van der Waals surface area (Å²) in [6.07, 6.45) is 0. The van der Waals surface area contributed by atoms with E-state index in [0.717, 1.165) is 6.07 Å². The molecule has 0 saturated carbocycles. The average Bonchev–Trinajstić information content (AvgIpc) is 2.53. The number of nitrogens with zero attached hydrogens (tertiary/aromatic N) is 4. The summed E-state index contributed by atoms with van der Waals surface area (Å²) in [7, 11) is 4.44. The van der Waals surface area contributed by atoms with Crippen molar-refractivity contribution in [2.45, 2.75) is 4.90 Å². The van der Waals surface area contributed by atoms with Gasteiger partial charge in [0.2, 0.25) is 15.9 Å². The summed E-state index contributed by atoms with van der Waals surface area (Å²) in [6, 6.07) is 3.63. The van der Waals surface area contributed by atoms with Gasteiger partial charge < -0.3 is 14.7 Å². The Kier molecular flexibility index (Phi) is 7.48. The molecule has 0 bridgehead atoms. The average molecular weight is 387 g/mol. The van der Waals surface area contributed by atoms with E-state index >= 15 is 0 Å². The molecule has 0 fully saturated rings. The van der Waals surface area contributed by atoms with Crippen LogP contribution in [-0.2, 0) is 14.8 Å². The van der Waals surface area contributed by atoms with Gasteiger partial charge in [-0.25, -0.2) is 13.1 Å². The number of rotatable bonds is 9. The standard InChI is InChI=1S/C15H25N5O5S/c1-17(2)9-8-16-26(24,25)12-6-7-13(14(10-12)20(22)23)19(5)11-15(21)18(3)4/h6-7,10,16H,8-9,11H2,1-5H3. The zero-order valence-corrected chi connectivity index (χ0v) is 16.4. The van der Waals surface area contributed by atoms with E-state index < -0.39 is 14.9 Å². The highest BCUT2D eigenvalue weighted by atomic mass is 32.2. The summed E-state index contributed by atoms with van der Waals surface area (Å²) in [5, 5.41) is 11.4. The topological polar surface area (TPSA) is 116 Å². The van der Waals surface area contributed by atoms with Gasteiger partial charge in [-0.3, -0.25) is 14.9 Å². The third-order valence-electron chi connectivity index (χ3n) is 3.59. The monoisotopic (exact) mass is 387 g/mol. The Morgan fingerprint density at radius 2 is 1.81 bits per heavy atom. The first-order valence-electron chi connectivity index (χ1n) is 7.80. The Morgan fingerprint density at radius 3 is 2.31 bits per heavy atom. The maximum Gasteiger partial charge on any atom is 0.293 e. The number of amides is 1. The molecule has 1 aromatic rings. The third kappa shape index (κ3) is 5.93. The van der Waals surface area contributed by atoms with Crippen molar-refractivity contribution in [3.8, 4) is 0 Å². The predicted molar refractivity (Wildman–Crippen MR) is 98.8 cm³/mol. The number of hydrogen-bond acceptors (Lipinski definition) is 7. The Hall–Kier alpha value is -2.24. The van der Waals surface area contributed by atoms with Crippen LogP contribution in [0.1, 0.15) is 0 Å². The number of likely N-dealkylation sites (N-methyl/N-ethyl adjacent to an activating group) is 3. The van der Waals surface area contributed by atoms with Gasteiger partial charge in [0.25, 0.3) is 5.69 Å². The van der Waals surface area contributed by atoms with Gasteiger partial charge in [0.05, 0.1) is 16.4 Å². The molecule has 1 rings (SSSR count). The first-order valence-corrected chi connectivity index (χ1v) is 9.28. The number of carbonyl (C=O) groups is 1. The Bertz CT molecular complexity index is 764. The molecule has 0 spiro atoms. The molecule has 0 radical (unpaired) electrons. The molecule has 146 valence electrons. The van der Waals surface area contributed by atoms with E-state index in [1.165, 1.54) is 29.0 Å². The van der Waals surface area contributed by atoms with E-state index in [9.17, 15) is 23.3 Å². The highest BCUT2D eigenvalue weighted by Crippen LogP contribution is 2.30. The van der Waals surface area contributed by atoms with Crippen LogP contribution < -0.4 is 9.62 Å². The van der Waals surface area contributed by atoms with Crippen molar-refractivity contribution in [2.75, 3.05) is 59.8 Å². The number of nitro benzene ring substituents is 1. The lowest BCUT2D eigenvalue weighted by atomic mass is 10.2.